The van der Waals surface area contributed by atoms with E-state index in [4.69, 9.17) is 27.9 Å². The highest BCUT2D eigenvalue weighted by molar-refractivity contribution is 6.34. The predicted octanol–water partition coefficient (Wildman–Crippen LogP) is 4.97. The van der Waals surface area contributed by atoms with Crippen molar-refractivity contribution in [1.82, 2.24) is 9.97 Å². The van der Waals surface area contributed by atoms with E-state index < -0.39 is 0 Å². The average Bonchev–Trinajstić information content (AvgIpc) is 2.38. The van der Waals surface area contributed by atoms with Gasteiger partial charge in [-0.05, 0) is 37.1 Å². The van der Waals surface area contributed by atoms with Crippen molar-refractivity contribution in [3.63, 3.8) is 0 Å². The van der Waals surface area contributed by atoms with Gasteiger partial charge in [0.05, 0.1) is 6.61 Å². The van der Waals surface area contributed by atoms with E-state index >= 15 is 0 Å². The van der Waals surface area contributed by atoms with Gasteiger partial charge in [0.15, 0.2) is 5.82 Å². The molecule has 1 aromatic carbocycles. The minimum Gasteiger partial charge on any atom is -0.494 e. The minimum absolute atomic E-state index is 0.185. The van der Waals surface area contributed by atoms with Crippen LogP contribution in [0.25, 0.3) is 11.4 Å². The molecule has 2 rings (SSSR count). The molecular formula is C15H16Cl2N2O. The molecule has 0 saturated carbocycles. The molecular weight excluding hydrogens is 295 g/mol. The van der Waals surface area contributed by atoms with Crippen molar-refractivity contribution in [3.05, 3.63) is 40.1 Å². The molecule has 20 heavy (non-hydrogen) atoms. The van der Waals surface area contributed by atoms with Crippen LogP contribution in [-0.2, 0) is 0 Å². The van der Waals surface area contributed by atoms with Gasteiger partial charge >= 0.3 is 0 Å². The van der Waals surface area contributed by atoms with E-state index in [0.29, 0.717) is 22.7 Å². The summed E-state index contributed by atoms with van der Waals surface area (Å²) in [4.78, 5) is 8.66. The Morgan fingerprint density at radius 3 is 2.05 bits per heavy atom. The van der Waals surface area contributed by atoms with Crippen LogP contribution in [0, 0.1) is 0 Å². The Bertz CT molecular complexity index is 574. The fourth-order valence-electron chi connectivity index (χ4n) is 1.89. The van der Waals surface area contributed by atoms with E-state index in [1.807, 2.05) is 45.0 Å². The summed E-state index contributed by atoms with van der Waals surface area (Å²) < 4.78 is 5.40. The van der Waals surface area contributed by atoms with Crippen LogP contribution in [0.1, 0.15) is 32.3 Å². The third kappa shape index (κ3) is 3.22. The molecule has 0 N–H and O–H groups in total. The normalized spacial score (nSPS) is 10.9. The molecule has 2 aromatic rings. The molecule has 0 aliphatic carbocycles. The van der Waals surface area contributed by atoms with Gasteiger partial charge < -0.3 is 4.74 Å². The molecule has 106 valence electrons. The maximum absolute atomic E-state index is 6.20. The predicted molar refractivity (Wildman–Crippen MR) is 82.7 cm³/mol. The number of benzene rings is 1. The van der Waals surface area contributed by atoms with Crippen LogP contribution in [0.15, 0.2) is 24.3 Å². The van der Waals surface area contributed by atoms with Crippen LogP contribution in [0.3, 0.4) is 0 Å². The van der Waals surface area contributed by atoms with E-state index in [0.717, 1.165) is 16.9 Å². The van der Waals surface area contributed by atoms with Gasteiger partial charge in [0.2, 0.25) is 0 Å². The Labute approximate surface area is 128 Å². The summed E-state index contributed by atoms with van der Waals surface area (Å²) in [5.41, 5.74) is 1.63. The summed E-state index contributed by atoms with van der Waals surface area (Å²) in [6.07, 6.45) is 0. The maximum atomic E-state index is 6.20. The molecule has 0 radical (unpaired) electrons. The van der Waals surface area contributed by atoms with E-state index in [2.05, 4.69) is 9.97 Å². The third-order valence-electron chi connectivity index (χ3n) is 2.85. The summed E-state index contributed by atoms with van der Waals surface area (Å²) >= 11 is 12.4. The maximum Gasteiger partial charge on any atom is 0.162 e. The lowest BCUT2D eigenvalue weighted by Gasteiger charge is -2.11. The number of hydrogen-bond acceptors (Lipinski definition) is 3. The molecule has 0 aliphatic rings. The van der Waals surface area contributed by atoms with Crippen molar-refractivity contribution in [2.75, 3.05) is 6.61 Å². The Balaban J connectivity index is 2.38. The highest BCUT2D eigenvalue weighted by Gasteiger charge is 2.15. The molecule has 0 aliphatic heterocycles. The van der Waals surface area contributed by atoms with Gasteiger partial charge in [-0.1, -0.05) is 37.0 Å². The summed E-state index contributed by atoms with van der Waals surface area (Å²) in [6, 6.07) is 7.53. The minimum atomic E-state index is 0.185. The Kier molecular flexibility index (Phi) is 4.84. The first-order valence-electron chi connectivity index (χ1n) is 6.49. The second-order valence-electron chi connectivity index (χ2n) is 4.65. The molecule has 0 atom stereocenters. The lowest BCUT2D eigenvalue weighted by Crippen LogP contribution is -1.99. The fourth-order valence-corrected chi connectivity index (χ4v) is 2.71. The lowest BCUT2D eigenvalue weighted by atomic mass is 10.1. The summed E-state index contributed by atoms with van der Waals surface area (Å²) in [5.74, 6) is 1.52. The van der Waals surface area contributed by atoms with Gasteiger partial charge in [-0.2, -0.15) is 0 Å². The SMILES string of the molecule is CCOc1ccc(-c2nc(Cl)c(C(C)C)c(Cl)n2)cc1. The molecule has 3 nitrogen and oxygen atoms in total. The van der Waals surface area contributed by atoms with E-state index in [-0.39, 0.29) is 5.92 Å². The zero-order valence-corrected chi connectivity index (χ0v) is 13.2. The number of hydrogen-bond donors (Lipinski definition) is 0. The Hall–Kier alpha value is -1.32. The Morgan fingerprint density at radius 2 is 1.60 bits per heavy atom. The van der Waals surface area contributed by atoms with Crippen molar-refractivity contribution in [3.8, 4) is 17.1 Å². The van der Waals surface area contributed by atoms with Crippen LogP contribution in [0.2, 0.25) is 10.3 Å². The van der Waals surface area contributed by atoms with Crippen molar-refractivity contribution >= 4 is 23.2 Å². The quantitative estimate of drug-likeness (QED) is 0.748. The molecule has 0 bridgehead atoms. The molecule has 0 amide bonds. The molecule has 0 spiro atoms. The number of ether oxygens (including phenoxy) is 1. The first-order chi connectivity index (χ1) is 9.52. The van der Waals surface area contributed by atoms with Crippen molar-refractivity contribution in [1.29, 1.82) is 0 Å². The van der Waals surface area contributed by atoms with Gasteiger partial charge in [0.25, 0.3) is 0 Å². The van der Waals surface area contributed by atoms with Crippen LogP contribution in [0.4, 0.5) is 0 Å². The lowest BCUT2D eigenvalue weighted by molar-refractivity contribution is 0.340. The summed E-state index contributed by atoms with van der Waals surface area (Å²) in [7, 11) is 0. The third-order valence-corrected chi connectivity index (χ3v) is 3.43. The smallest absolute Gasteiger partial charge is 0.162 e. The molecule has 0 saturated heterocycles. The molecule has 1 aromatic heterocycles. The highest BCUT2D eigenvalue weighted by atomic mass is 35.5. The van der Waals surface area contributed by atoms with Gasteiger partial charge in [0, 0.05) is 11.1 Å². The topological polar surface area (TPSA) is 35.0 Å². The zero-order chi connectivity index (χ0) is 14.7. The van der Waals surface area contributed by atoms with Crippen LogP contribution in [0.5, 0.6) is 5.75 Å². The second kappa shape index (κ2) is 6.42. The molecule has 0 unspecified atom stereocenters. The van der Waals surface area contributed by atoms with Crippen molar-refractivity contribution in [2.45, 2.75) is 26.7 Å². The van der Waals surface area contributed by atoms with E-state index in [1.165, 1.54) is 0 Å². The number of halogens is 2. The first-order valence-corrected chi connectivity index (χ1v) is 7.24. The van der Waals surface area contributed by atoms with Crippen LogP contribution in [-0.4, -0.2) is 16.6 Å². The van der Waals surface area contributed by atoms with Crippen molar-refractivity contribution in [2.24, 2.45) is 0 Å². The number of nitrogens with zero attached hydrogens (tertiary/aromatic N) is 2. The van der Waals surface area contributed by atoms with Gasteiger partial charge in [-0.25, -0.2) is 9.97 Å². The van der Waals surface area contributed by atoms with Crippen molar-refractivity contribution < 1.29 is 4.74 Å². The second-order valence-corrected chi connectivity index (χ2v) is 5.37. The number of aromatic nitrogens is 2. The Morgan fingerprint density at radius 1 is 1.05 bits per heavy atom. The largest absolute Gasteiger partial charge is 0.494 e. The molecule has 5 heteroatoms. The first kappa shape index (κ1) is 15.1. The molecule has 0 fully saturated rings. The van der Waals surface area contributed by atoms with E-state index in [9.17, 15) is 0 Å². The van der Waals surface area contributed by atoms with Crippen LogP contribution >= 0.6 is 23.2 Å². The summed E-state index contributed by atoms with van der Waals surface area (Å²) in [5, 5.41) is 0.813. The highest BCUT2D eigenvalue weighted by Crippen LogP contribution is 2.31. The monoisotopic (exact) mass is 310 g/mol. The van der Waals surface area contributed by atoms with E-state index in [1.54, 1.807) is 0 Å². The average molecular weight is 311 g/mol. The van der Waals surface area contributed by atoms with Gasteiger partial charge in [-0.15, -0.1) is 0 Å². The zero-order valence-electron chi connectivity index (χ0n) is 11.7. The summed E-state index contributed by atoms with van der Waals surface area (Å²) in [6.45, 7) is 6.60. The molecule has 1 heterocycles. The standard InChI is InChI=1S/C15H16Cl2N2O/c1-4-20-11-7-5-10(6-8-11)15-18-13(16)12(9(2)3)14(17)19-15/h5-9H,4H2,1-3H3. The van der Waals surface area contributed by atoms with Gasteiger partial charge in [-0.3, -0.25) is 0 Å². The fraction of sp³-hybridized carbons (Fsp3) is 0.333. The number of rotatable bonds is 4. The van der Waals surface area contributed by atoms with Gasteiger partial charge in [0.1, 0.15) is 16.1 Å². The van der Waals surface area contributed by atoms with Crippen LogP contribution < -0.4 is 4.74 Å².